The van der Waals surface area contributed by atoms with Gasteiger partial charge in [0.15, 0.2) is 0 Å². The van der Waals surface area contributed by atoms with Crippen molar-refractivity contribution in [1.29, 1.82) is 0 Å². The molecular formula is C21H22N2OS. The molecule has 0 spiro atoms. The number of carbonyl (C=O) groups is 1. The predicted molar refractivity (Wildman–Crippen MR) is 106 cm³/mol. The maximum absolute atomic E-state index is 12.5. The van der Waals surface area contributed by atoms with Gasteiger partial charge in [-0.2, -0.15) is 0 Å². The van der Waals surface area contributed by atoms with E-state index in [1.54, 1.807) is 11.3 Å². The van der Waals surface area contributed by atoms with Crippen molar-refractivity contribution < 1.29 is 4.79 Å². The average Bonchev–Trinajstić information content (AvgIpc) is 2.99. The van der Waals surface area contributed by atoms with Crippen LogP contribution in [0.3, 0.4) is 0 Å². The number of aromatic nitrogens is 1. The second kappa shape index (κ2) is 7.19. The molecule has 0 bridgehead atoms. The lowest BCUT2D eigenvalue weighted by molar-refractivity contribution is 0.102. The van der Waals surface area contributed by atoms with E-state index in [1.807, 2.05) is 56.3 Å². The van der Waals surface area contributed by atoms with Gasteiger partial charge in [-0.05, 0) is 62.6 Å². The third kappa shape index (κ3) is 3.80. The first-order valence-electron chi connectivity index (χ1n) is 8.43. The number of anilines is 1. The lowest BCUT2D eigenvalue weighted by Crippen LogP contribution is -2.11. The van der Waals surface area contributed by atoms with Crippen LogP contribution < -0.4 is 5.32 Å². The summed E-state index contributed by atoms with van der Waals surface area (Å²) in [6.45, 7) is 8.27. The van der Waals surface area contributed by atoms with Gasteiger partial charge in [0.05, 0.1) is 10.7 Å². The van der Waals surface area contributed by atoms with Crippen LogP contribution in [-0.2, 0) is 6.42 Å². The zero-order valence-corrected chi connectivity index (χ0v) is 15.8. The summed E-state index contributed by atoms with van der Waals surface area (Å²) in [5.74, 6) is -0.0972. The van der Waals surface area contributed by atoms with Crippen LogP contribution in [-0.4, -0.2) is 10.9 Å². The number of thiazole rings is 1. The SMILES string of the molecule is CCc1sc(C)nc1-c1ccc(C(=O)Nc2ccc(C)c(C)c2)cc1. The quantitative estimate of drug-likeness (QED) is 0.670. The highest BCUT2D eigenvalue weighted by molar-refractivity contribution is 7.12. The van der Waals surface area contributed by atoms with Crippen molar-refractivity contribution in [2.75, 3.05) is 5.32 Å². The van der Waals surface area contributed by atoms with E-state index in [2.05, 4.69) is 24.1 Å². The highest BCUT2D eigenvalue weighted by Gasteiger charge is 2.11. The number of benzene rings is 2. The first-order valence-corrected chi connectivity index (χ1v) is 9.25. The van der Waals surface area contributed by atoms with Gasteiger partial charge in [-0.25, -0.2) is 4.98 Å². The fraction of sp³-hybridized carbons (Fsp3) is 0.238. The van der Waals surface area contributed by atoms with E-state index in [9.17, 15) is 4.79 Å². The highest BCUT2D eigenvalue weighted by atomic mass is 32.1. The van der Waals surface area contributed by atoms with E-state index in [1.165, 1.54) is 16.0 Å². The van der Waals surface area contributed by atoms with Gasteiger partial charge >= 0.3 is 0 Å². The van der Waals surface area contributed by atoms with Crippen LogP contribution >= 0.6 is 11.3 Å². The molecule has 0 aliphatic rings. The van der Waals surface area contributed by atoms with E-state index < -0.39 is 0 Å². The molecule has 1 amide bonds. The van der Waals surface area contributed by atoms with Crippen molar-refractivity contribution in [2.45, 2.75) is 34.1 Å². The molecule has 0 radical (unpaired) electrons. The molecule has 1 heterocycles. The Hall–Kier alpha value is -2.46. The average molecular weight is 350 g/mol. The maximum atomic E-state index is 12.5. The number of aryl methyl sites for hydroxylation is 4. The van der Waals surface area contributed by atoms with Crippen molar-refractivity contribution >= 4 is 22.9 Å². The fourth-order valence-electron chi connectivity index (χ4n) is 2.74. The second-order valence-corrected chi connectivity index (χ2v) is 7.48. The minimum Gasteiger partial charge on any atom is -0.322 e. The van der Waals surface area contributed by atoms with Crippen LogP contribution in [0.5, 0.6) is 0 Å². The number of nitrogens with zero attached hydrogens (tertiary/aromatic N) is 1. The summed E-state index contributed by atoms with van der Waals surface area (Å²) in [5, 5.41) is 4.03. The van der Waals surface area contributed by atoms with E-state index >= 15 is 0 Å². The Bertz CT molecular complexity index is 910. The molecule has 2 aromatic carbocycles. The van der Waals surface area contributed by atoms with E-state index in [0.29, 0.717) is 5.56 Å². The molecule has 1 N–H and O–H groups in total. The molecular weight excluding hydrogens is 328 g/mol. The molecule has 0 saturated heterocycles. The topological polar surface area (TPSA) is 42.0 Å². The maximum Gasteiger partial charge on any atom is 0.255 e. The second-order valence-electron chi connectivity index (χ2n) is 6.19. The van der Waals surface area contributed by atoms with Crippen LogP contribution in [0.2, 0.25) is 0 Å². The summed E-state index contributed by atoms with van der Waals surface area (Å²) in [6.07, 6.45) is 0.968. The summed E-state index contributed by atoms with van der Waals surface area (Å²) < 4.78 is 0. The van der Waals surface area contributed by atoms with Crippen LogP contribution in [0, 0.1) is 20.8 Å². The largest absolute Gasteiger partial charge is 0.322 e. The molecule has 1 aromatic heterocycles. The third-order valence-electron chi connectivity index (χ3n) is 4.31. The van der Waals surface area contributed by atoms with E-state index in [4.69, 9.17) is 0 Å². The number of hydrogen-bond donors (Lipinski definition) is 1. The van der Waals surface area contributed by atoms with Crippen LogP contribution in [0.4, 0.5) is 5.69 Å². The monoisotopic (exact) mass is 350 g/mol. The molecule has 0 fully saturated rings. The minimum atomic E-state index is -0.0972. The molecule has 4 heteroatoms. The Balaban J connectivity index is 1.79. The molecule has 0 aliphatic heterocycles. The molecule has 3 nitrogen and oxygen atoms in total. The Labute approximate surface area is 152 Å². The summed E-state index contributed by atoms with van der Waals surface area (Å²) >= 11 is 1.73. The molecule has 3 rings (SSSR count). The Morgan fingerprint density at radius 3 is 2.40 bits per heavy atom. The fourth-order valence-corrected chi connectivity index (χ4v) is 3.63. The molecule has 3 aromatic rings. The molecule has 25 heavy (non-hydrogen) atoms. The van der Waals surface area contributed by atoms with Gasteiger partial charge in [-0.1, -0.05) is 25.1 Å². The summed E-state index contributed by atoms with van der Waals surface area (Å²) in [6, 6.07) is 13.6. The zero-order valence-electron chi connectivity index (χ0n) is 15.0. The highest BCUT2D eigenvalue weighted by Crippen LogP contribution is 2.28. The van der Waals surface area contributed by atoms with Crippen molar-refractivity contribution in [1.82, 2.24) is 4.98 Å². The first-order chi connectivity index (χ1) is 12.0. The molecule has 0 unspecified atom stereocenters. The standard InChI is InChI=1S/C21H22N2OS/c1-5-19-20(22-15(4)25-19)16-7-9-17(10-8-16)21(24)23-18-11-6-13(2)14(3)12-18/h6-12H,5H2,1-4H3,(H,23,24). The first kappa shape index (κ1) is 17.4. The van der Waals surface area contributed by atoms with Gasteiger partial charge in [-0.15, -0.1) is 11.3 Å². The smallest absolute Gasteiger partial charge is 0.255 e. The Kier molecular flexibility index (Phi) is 5.00. The van der Waals surface area contributed by atoms with Crippen LogP contribution in [0.1, 0.15) is 38.3 Å². The summed E-state index contributed by atoms with van der Waals surface area (Å²) in [7, 11) is 0. The third-order valence-corrected chi connectivity index (χ3v) is 5.43. The van der Waals surface area contributed by atoms with Crippen LogP contribution in [0.25, 0.3) is 11.3 Å². The van der Waals surface area contributed by atoms with Crippen molar-refractivity contribution in [3.63, 3.8) is 0 Å². The van der Waals surface area contributed by atoms with Crippen molar-refractivity contribution in [3.8, 4) is 11.3 Å². The van der Waals surface area contributed by atoms with Gasteiger partial charge < -0.3 is 5.32 Å². The molecule has 0 saturated carbocycles. The zero-order chi connectivity index (χ0) is 18.0. The van der Waals surface area contributed by atoms with Gasteiger partial charge in [0.1, 0.15) is 0 Å². The Morgan fingerprint density at radius 2 is 1.76 bits per heavy atom. The molecule has 128 valence electrons. The van der Waals surface area contributed by atoms with E-state index in [0.717, 1.165) is 28.4 Å². The number of amides is 1. The number of nitrogens with one attached hydrogen (secondary N) is 1. The number of hydrogen-bond acceptors (Lipinski definition) is 3. The van der Waals surface area contributed by atoms with E-state index in [-0.39, 0.29) is 5.91 Å². The van der Waals surface area contributed by atoms with Gasteiger partial charge in [0, 0.05) is 21.7 Å². The van der Waals surface area contributed by atoms with Gasteiger partial charge in [0.2, 0.25) is 0 Å². The van der Waals surface area contributed by atoms with Crippen molar-refractivity contribution in [2.24, 2.45) is 0 Å². The Morgan fingerprint density at radius 1 is 1.04 bits per heavy atom. The number of carbonyl (C=O) groups excluding carboxylic acids is 1. The summed E-state index contributed by atoms with van der Waals surface area (Å²) in [5.41, 5.74) is 5.94. The minimum absolute atomic E-state index is 0.0972. The van der Waals surface area contributed by atoms with Crippen LogP contribution in [0.15, 0.2) is 42.5 Å². The van der Waals surface area contributed by atoms with Gasteiger partial charge in [0.25, 0.3) is 5.91 Å². The summed E-state index contributed by atoms with van der Waals surface area (Å²) in [4.78, 5) is 18.4. The molecule has 0 aliphatic carbocycles. The molecule has 0 atom stereocenters. The normalized spacial score (nSPS) is 10.7. The predicted octanol–water partition coefficient (Wildman–Crippen LogP) is 5.55. The van der Waals surface area contributed by atoms with Crippen molar-refractivity contribution in [3.05, 3.63) is 69.0 Å². The van der Waals surface area contributed by atoms with Gasteiger partial charge in [-0.3, -0.25) is 4.79 Å². The lowest BCUT2D eigenvalue weighted by Gasteiger charge is -2.08. The lowest BCUT2D eigenvalue weighted by atomic mass is 10.1. The number of rotatable bonds is 4.